The first kappa shape index (κ1) is 21.2. The van der Waals surface area contributed by atoms with Crippen molar-refractivity contribution in [1.82, 2.24) is 10.1 Å². The summed E-state index contributed by atoms with van der Waals surface area (Å²) in [6.45, 7) is 8.68. The molecule has 0 unspecified atom stereocenters. The van der Waals surface area contributed by atoms with Crippen LogP contribution in [0.15, 0.2) is 10.6 Å². The van der Waals surface area contributed by atoms with Crippen LogP contribution in [0.5, 0.6) is 0 Å². The molecule has 0 radical (unpaired) electrons. The molecule has 1 aromatic rings. The van der Waals surface area contributed by atoms with Gasteiger partial charge in [0, 0.05) is 19.0 Å². The molecule has 6 nitrogen and oxygen atoms in total. The van der Waals surface area contributed by atoms with Crippen molar-refractivity contribution in [3.63, 3.8) is 0 Å². The summed E-state index contributed by atoms with van der Waals surface area (Å²) >= 11 is 0. The number of hydrogen-bond donors (Lipinski definition) is 1. The molecule has 0 saturated carbocycles. The number of aromatic nitrogens is 1. The Morgan fingerprint density at radius 3 is 2.48 bits per heavy atom. The molecule has 1 aromatic heterocycles. The fraction of sp³-hybridized carbons (Fsp3) is 0.737. The summed E-state index contributed by atoms with van der Waals surface area (Å²) in [7, 11) is 0. The molecule has 0 bridgehead atoms. The van der Waals surface area contributed by atoms with Crippen molar-refractivity contribution in [3.05, 3.63) is 11.8 Å². The summed E-state index contributed by atoms with van der Waals surface area (Å²) < 4.78 is 4.93. The van der Waals surface area contributed by atoms with Gasteiger partial charge in [0.25, 0.3) is 0 Å². The van der Waals surface area contributed by atoms with Crippen LogP contribution in [0.1, 0.15) is 71.5 Å². The Hall–Kier alpha value is -1.85. The SMILES string of the molecule is CCCCCCCCC(=O)N(CC(=O)Nc1cc(C)on1)CC(C)C. The van der Waals surface area contributed by atoms with E-state index >= 15 is 0 Å². The number of hydrogen-bond acceptors (Lipinski definition) is 4. The van der Waals surface area contributed by atoms with Gasteiger partial charge in [-0.2, -0.15) is 0 Å². The number of amides is 2. The summed E-state index contributed by atoms with van der Waals surface area (Å²) in [6, 6.07) is 1.66. The third kappa shape index (κ3) is 9.27. The van der Waals surface area contributed by atoms with E-state index in [-0.39, 0.29) is 18.4 Å². The van der Waals surface area contributed by atoms with Gasteiger partial charge in [-0.05, 0) is 19.3 Å². The molecule has 0 aromatic carbocycles. The van der Waals surface area contributed by atoms with Gasteiger partial charge in [0.1, 0.15) is 5.76 Å². The minimum Gasteiger partial charge on any atom is -0.360 e. The lowest BCUT2D eigenvalue weighted by molar-refractivity contribution is -0.135. The monoisotopic (exact) mass is 351 g/mol. The first-order valence-corrected chi connectivity index (χ1v) is 9.43. The number of anilines is 1. The zero-order valence-corrected chi connectivity index (χ0v) is 16.1. The summed E-state index contributed by atoms with van der Waals surface area (Å²) in [4.78, 5) is 26.3. The van der Waals surface area contributed by atoms with Crippen molar-refractivity contribution in [2.75, 3.05) is 18.4 Å². The molecule has 25 heavy (non-hydrogen) atoms. The highest BCUT2D eigenvalue weighted by Gasteiger charge is 2.18. The molecule has 0 aliphatic heterocycles. The van der Waals surface area contributed by atoms with Crippen molar-refractivity contribution in [2.45, 2.75) is 72.6 Å². The number of nitrogens with zero attached hydrogens (tertiary/aromatic N) is 2. The largest absolute Gasteiger partial charge is 0.360 e. The van der Waals surface area contributed by atoms with Crippen LogP contribution in [-0.4, -0.2) is 35.0 Å². The van der Waals surface area contributed by atoms with Gasteiger partial charge >= 0.3 is 0 Å². The Morgan fingerprint density at radius 2 is 1.88 bits per heavy atom. The van der Waals surface area contributed by atoms with Gasteiger partial charge in [0.15, 0.2) is 5.82 Å². The molecule has 0 fully saturated rings. The van der Waals surface area contributed by atoms with E-state index in [1.165, 1.54) is 25.7 Å². The molecule has 0 saturated heterocycles. The lowest BCUT2D eigenvalue weighted by atomic mass is 10.1. The third-order valence-electron chi connectivity index (χ3n) is 3.91. The Balaban J connectivity index is 2.43. The number of nitrogens with one attached hydrogen (secondary N) is 1. The average Bonchev–Trinajstić information content (AvgIpc) is 2.94. The van der Waals surface area contributed by atoms with Crippen LogP contribution in [0, 0.1) is 12.8 Å². The van der Waals surface area contributed by atoms with Gasteiger partial charge in [-0.15, -0.1) is 0 Å². The van der Waals surface area contributed by atoms with Crippen LogP contribution >= 0.6 is 0 Å². The Labute approximate surface area is 151 Å². The van der Waals surface area contributed by atoms with Gasteiger partial charge in [-0.1, -0.05) is 58.0 Å². The van der Waals surface area contributed by atoms with E-state index in [0.717, 1.165) is 12.8 Å². The predicted molar refractivity (Wildman–Crippen MR) is 99.3 cm³/mol. The van der Waals surface area contributed by atoms with Crippen molar-refractivity contribution in [2.24, 2.45) is 5.92 Å². The average molecular weight is 351 g/mol. The lowest BCUT2D eigenvalue weighted by Crippen LogP contribution is -2.40. The van der Waals surface area contributed by atoms with Crippen LogP contribution in [0.3, 0.4) is 0 Å². The van der Waals surface area contributed by atoms with E-state index in [0.29, 0.717) is 30.5 Å². The molecule has 0 aliphatic carbocycles. The second-order valence-electron chi connectivity index (χ2n) is 7.06. The third-order valence-corrected chi connectivity index (χ3v) is 3.91. The Bertz CT molecular complexity index is 526. The maximum absolute atomic E-state index is 12.5. The molecule has 2 amide bonds. The predicted octanol–water partition coefficient (Wildman–Crippen LogP) is 4.16. The molecule has 0 aliphatic rings. The second-order valence-corrected chi connectivity index (χ2v) is 7.06. The summed E-state index contributed by atoms with van der Waals surface area (Å²) in [5.74, 6) is 1.14. The maximum atomic E-state index is 12.5. The molecule has 6 heteroatoms. The van der Waals surface area contributed by atoms with E-state index in [1.807, 2.05) is 13.8 Å². The summed E-state index contributed by atoms with van der Waals surface area (Å²) in [6.07, 6.45) is 7.37. The van der Waals surface area contributed by atoms with Crippen molar-refractivity contribution < 1.29 is 14.1 Å². The van der Waals surface area contributed by atoms with Crippen LogP contribution in [-0.2, 0) is 9.59 Å². The molecule has 1 rings (SSSR count). The number of aryl methyl sites for hydroxylation is 1. The second kappa shape index (κ2) is 11.7. The van der Waals surface area contributed by atoms with Gasteiger partial charge < -0.3 is 14.7 Å². The molecule has 0 atom stereocenters. The van der Waals surface area contributed by atoms with E-state index in [4.69, 9.17) is 4.52 Å². The normalized spacial score (nSPS) is 10.9. The summed E-state index contributed by atoms with van der Waals surface area (Å²) in [5, 5.41) is 6.42. The highest BCUT2D eigenvalue weighted by Crippen LogP contribution is 2.11. The smallest absolute Gasteiger partial charge is 0.245 e. The minimum atomic E-state index is -0.245. The summed E-state index contributed by atoms with van der Waals surface area (Å²) in [5.41, 5.74) is 0. The highest BCUT2D eigenvalue weighted by atomic mass is 16.5. The fourth-order valence-corrected chi connectivity index (χ4v) is 2.69. The van der Waals surface area contributed by atoms with Crippen LogP contribution < -0.4 is 5.32 Å². The molecular weight excluding hydrogens is 318 g/mol. The van der Waals surface area contributed by atoms with Gasteiger partial charge in [0.2, 0.25) is 11.8 Å². The van der Waals surface area contributed by atoms with E-state index in [1.54, 1.807) is 17.9 Å². The molecule has 142 valence electrons. The highest BCUT2D eigenvalue weighted by molar-refractivity contribution is 5.93. The minimum absolute atomic E-state index is 0.0516. The Kier molecular flexibility index (Phi) is 9.88. The zero-order chi connectivity index (χ0) is 18.7. The van der Waals surface area contributed by atoms with E-state index < -0.39 is 0 Å². The van der Waals surface area contributed by atoms with Gasteiger partial charge in [-0.25, -0.2) is 0 Å². The van der Waals surface area contributed by atoms with E-state index in [9.17, 15) is 9.59 Å². The molecule has 0 spiro atoms. The van der Waals surface area contributed by atoms with Crippen LogP contribution in [0.4, 0.5) is 5.82 Å². The topological polar surface area (TPSA) is 75.4 Å². The van der Waals surface area contributed by atoms with Gasteiger partial charge in [-0.3, -0.25) is 9.59 Å². The number of rotatable bonds is 12. The van der Waals surface area contributed by atoms with Crippen LogP contribution in [0.25, 0.3) is 0 Å². The number of unbranched alkanes of at least 4 members (excludes halogenated alkanes) is 5. The number of carbonyl (C=O) groups excluding carboxylic acids is 2. The van der Waals surface area contributed by atoms with Crippen LogP contribution in [0.2, 0.25) is 0 Å². The van der Waals surface area contributed by atoms with Gasteiger partial charge in [0.05, 0.1) is 6.54 Å². The maximum Gasteiger partial charge on any atom is 0.245 e. The number of carbonyl (C=O) groups is 2. The molecule has 1 N–H and O–H groups in total. The standard InChI is InChI=1S/C19H33N3O3/c1-5-6-7-8-9-10-11-19(24)22(13-15(2)3)14-18(23)20-17-12-16(4)25-21-17/h12,15H,5-11,13-14H2,1-4H3,(H,20,21,23). The van der Waals surface area contributed by atoms with E-state index in [2.05, 4.69) is 17.4 Å². The zero-order valence-electron chi connectivity index (χ0n) is 16.1. The van der Waals surface area contributed by atoms with Crippen molar-refractivity contribution >= 4 is 17.6 Å². The van der Waals surface area contributed by atoms with Crippen molar-refractivity contribution in [3.8, 4) is 0 Å². The quantitative estimate of drug-likeness (QED) is 0.574. The lowest BCUT2D eigenvalue weighted by Gasteiger charge is -2.24. The first-order valence-electron chi connectivity index (χ1n) is 9.43. The fourth-order valence-electron chi connectivity index (χ4n) is 2.69. The molecular formula is C19H33N3O3. The molecule has 1 heterocycles. The Morgan fingerprint density at radius 1 is 1.20 bits per heavy atom. The van der Waals surface area contributed by atoms with Crippen molar-refractivity contribution in [1.29, 1.82) is 0 Å². The first-order chi connectivity index (χ1) is 11.9.